The lowest BCUT2D eigenvalue weighted by atomic mass is 9.87. The lowest BCUT2D eigenvalue weighted by molar-refractivity contribution is 0.0539. The Labute approximate surface area is 127 Å². The number of rotatable bonds is 7. The number of likely N-dealkylation sites (N-methyl/N-ethyl adjacent to an activating group) is 1. The first-order chi connectivity index (χ1) is 10.3. The van der Waals surface area contributed by atoms with Gasteiger partial charge in [0.25, 0.3) is 0 Å². The van der Waals surface area contributed by atoms with Crippen molar-refractivity contribution in [1.82, 2.24) is 5.32 Å². The third kappa shape index (κ3) is 4.35. The van der Waals surface area contributed by atoms with Crippen LogP contribution in [-0.4, -0.2) is 40.0 Å². The Hall–Kier alpha value is -1.26. The average Bonchev–Trinajstić information content (AvgIpc) is 2.55. The highest BCUT2D eigenvalue weighted by Gasteiger charge is 2.23. The molecule has 1 heterocycles. The van der Waals surface area contributed by atoms with Gasteiger partial charge in [0, 0.05) is 19.3 Å². The van der Waals surface area contributed by atoms with Gasteiger partial charge in [-0.05, 0) is 49.4 Å². The Morgan fingerprint density at radius 3 is 2.52 bits per heavy atom. The first kappa shape index (κ1) is 16.1. The van der Waals surface area contributed by atoms with Crippen LogP contribution in [0.5, 0.6) is 11.5 Å². The fraction of sp³-hybridized carbons (Fsp3) is 0.647. The molecule has 21 heavy (non-hydrogen) atoms. The van der Waals surface area contributed by atoms with Crippen LogP contribution >= 0.6 is 0 Å². The summed E-state index contributed by atoms with van der Waals surface area (Å²) in [7, 11) is 3.35. The van der Waals surface area contributed by atoms with Crippen molar-refractivity contribution >= 4 is 0 Å². The molecule has 1 aliphatic heterocycles. The van der Waals surface area contributed by atoms with Crippen LogP contribution in [0.1, 0.15) is 25.3 Å². The monoisotopic (exact) mass is 293 g/mol. The molecule has 1 saturated heterocycles. The third-order valence-electron chi connectivity index (χ3n) is 4.20. The molecule has 0 amide bonds. The van der Waals surface area contributed by atoms with Crippen molar-refractivity contribution in [3.05, 3.63) is 23.8 Å². The predicted molar refractivity (Wildman–Crippen MR) is 84.3 cm³/mol. The molecule has 1 N–H and O–H groups in total. The zero-order chi connectivity index (χ0) is 15.1. The van der Waals surface area contributed by atoms with Gasteiger partial charge >= 0.3 is 0 Å². The highest BCUT2D eigenvalue weighted by molar-refractivity contribution is 5.43. The van der Waals surface area contributed by atoms with Crippen molar-refractivity contribution in [3.8, 4) is 11.5 Å². The summed E-state index contributed by atoms with van der Waals surface area (Å²) in [6.07, 6.45) is 3.30. The zero-order valence-electron chi connectivity index (χ0n) is 13.4. The summed E-state index contributed by atoms with van der Waals surface area (Å²) in [5.74, 6) is 2.27. The zero-order valence-corrected chi connectivity index (χ0v) is 13.4. The van der Waals surface area contributed by atoms with Gasteiger partial charge < -0.3 is 19.5 Å². The number of hydrogen-bond acceptors (Lipinski definition) is 4. The standard InChI is InChI=1S/C17H27NO3/c1-4-18-15(14-7-9-21-10-8-14)11-13-5-6-16(19-2)17(12-13)20-3/h5-6,12,14-15,18H,4,7-11H2,1-3H3. The lowest BCUT2D eigenvalue weighted by Crippen LogP contribution is -2.40. The van der Waals surface area contributed by atoms with Gasteiger partial charge in [0.05, 0.1) is 14.2 Å². The van der Waals surface area contributed by atoms with E-state index in [0.717, 1.165) is 50.5 Å². The molecule has 1 atom stereocenters. The van der Waals surface area contributed by atoms with Crippen molar-refractivity contribution in [2.24, 2.45) is 5.92 Å². The van der Waals surface area contributed by atoms with E-state index in [1.54, 1.807) is 14.2 Å². The second kappa shape index (κ2) is 8.25. The normalized spacial score (nSPS) is 17.5. The first-order valence-electron chi connectivity index (χ1n) is 7.80. The topological polar surface area (TPSA) is 39.7 Å². The molecule has 1 unspecified atom stereocenters. The van der Waals surface area contributed by atoms with Gasteiger partial charge in [-0.3, -0.25) is 0 Å². The molecule has 0 bridgehead atoms. The molecular formula is C17H27NO3. The summed E-state index contributed by atoms with van der Waals surface area (Å²) in [6, 6.07) is 6.70. The summed E-state index contributed by atoms with van der Waals surface area (Å²) in [6.45, 7) is 4.94. The minimum atomic E-state index is 0.497. The summed E-state index contributed by atoms with van der Waals surface area (Å²) >= 11 is 0. The van der Waals surface area contributed by atoms with E-state index in [1.165, 1.54) is 5.56 Å². The maximum absolute atomic E-state index is 5.48. The Balaban J connectivity index is 2.08. The van der Waals surface area contributed by atoms with Crippen molar-refractivity contribution < 1.29 is 14.2 Å². The van der Waals surface area contributed by atoms with Gasteiger partial charge in [-0.1, -0.05) is 13.0 Å². The minimum Gasteiger partial charge on any atom is -0.493 e. The van der Waals surface area contributed by atoms with E-state index in [-0.39, 0.29) is 0 Å². The molecule has 1 fully saturated rings. The van der Waals surface area contributed by atoms with E-state index in [1.807, 2.05) is 6.07 Å². The van der Waals surface area contributed by atoms with E-state index in [0.29, 0.717) is 12.0 Å². The number of ether oxygens (including phenoxy) is 3. The molecule has 1 aromatic rings. The van der Waals surface area contributed by atoms with Crippen LogP contribution in [-0.2, 0) is 11.2 Å². The molecule has 0 saturated carbocycles. The Kier molecular flexibility index (Phi) is 6.33. The number of benzene rings is 1. The van der Waals surface area contributed by atoms with Crippen LogP contribution in [0.15, 0.2) is 18.2 Å². The Bertz CT molecular complexity index is 430. The summed E-state index contributed by atoms with van der Waals surface area (Å²) in [5.41, 5.74) is 1.28. The smallest absolute Gasteiger partial charge is 0.160 e. The van der Waals surface area contributed by atoms with Crippen LogP contribution in [0, 0.1) is 5.92 Å². The van der Waals surface area contributed by atoms with Crippen molar-refractivity contribution in [3.63, 3.8) is 0 Å². The van der Waals surface area contributed by atoms with E-state index in [4.69, 9.17) is 14.2 Å². The maximum Gasteiger partial charge on any atom is 0.160 e. The van der Waals surface area contributed by atoms with Crippen LogP contribution in [0.25, 0.3) is 0 Å². The molecule has 0 radical (unpaired) electrons. The van der Waals surface area contributed by atoms with Crippen molar-refractivity contribution in [1.29, 1.82) is 0 Å². The molecule has 118 valence electrons. The average molecular weight is 293 g/mol. The van der Waals surface area contributed by atoms with Gasteiger partial charge in [0.2, 0.25) is 0 Å². The molecule has 2 rings (SSSR count). The highest BCUT2D eigenvalue weighted by Crippen LogP contribution is 2.29. The summed E-state index contributed by atoms with van der Waals surface area (Å²) < 4.78 is 16.2. The van der Waals surface area contributed by atoms with Crippen LogP contribution in [0.4, 0.5) is 0 Å². The summed E-state index contributed by atoms with van der Waals surface area (Å²) in [5, 5.41) is 3.64. The third-order valence-corrected chi connectivity index (χ3v) is 4.20. The minimum absolute atomic E-state index is 0.497. The van der Waals surface area contributed by atoms with Crippen LogP contribution < -0.4 is 14.8 Å². The molecule has 0 aromatic heterocycles. The molecule has 1 aromatic carbocycles. The first-order valence-corrected chi connectivity index (χ1v) is 7.80. The van der Waals surface area contributed by atoms with Gasteiger partial charge in [-0.2, -0.15) is 0 Å². The number of methoxy groups -OCH3 is 2. The fourth-order valence-electron chi connectivity index (χ4n) is 3.05. The Morgan fingerprint density at radius 2 is 1.90 bits per heavy atom. The molecular weight excluding hydrogens is 266 g/mol. The fourth-order valence-corrected chi connectivity index (χ4v) is 3.05. The van der Waals surface area contributed by atoms with E-state index < -0.39 is 0 Å². The highest BCUT2D eigenvalue weighted by atomic mass is 16.5. The predicted octanol–water partition coefficient (Wildman–Crippen LogP) is 2.65. The van der Waals surface area contributed by atoms with E-state index in [2.05, 4.69) is 24.4 Å². The van der Waals surface area contributed by atoms with Gasteiger partial charge in [0.15, 0.2) is 11.5 Å². The van der Waals surface area contributed by atoms with E-state index in [9.17, 15) is 0 Å². The molecule has 0 spiro atoms. The number of hydrogen-bond donors (Lipinski definition) is 1. The summed E-state index contributed by atoms with van der Waals surface area (Å²) in [4.78, 5) is 0. The Morgan fingerprint density at radius 1 is 1.19 bits per heavy atom. The lowest BCUT2D eigenvalue weighted by Gasteiger charge is -2.31. The molecule has 1 aliphatic rings. The van der Waals surface area contributed by atoms with Gasteiger partial charge in [-0.15, -0.1) is 0 Å². The van der Waals surface area contributed by atoms with Crippen molar-refractivity contribution in [2.45, 2.75) is 32.2 Å². The largest absolute Gasteiger partial charge is 0.493 e. The maximum atomic E-state index is 5.48. The second-order valence-electron chi connectivity index (χ2n) is 5.51. The van der Waals surface area contributed by atoms with Gasteiger partial charge in [-0.25, -0.2) is 0 Å². The molecule has 4 heteroatoms. The van der Waals surface area contributed by atoms with Crippen LogP contribution in [0.3, 0.4) is 0 Å². The molecule has 0 aliphatic carbocycles. The number of nitrogens with one attached hydrogen (secondary N) is 1. The van der Waals surface area contributed by atoms with Crippen LogP contribution in [0.2, 0.25) is 0 Å². The quantitative estimate of drug-likeness (QED) is 0.839. The SMILES string of the molecule is CCNC(Cc1ccc(OC)c(OC)c1)C1CCOCC1. The van der Waals surface area contributed by atoms with E-state index >= 15 is 0 Å². The van der Waals surface area contributed by atoms with Crippen molar-refractivity contribution in [2.75, 3.05) is 34.0 Å². The molecule has 4 nitrogen and oxygen atoms in total. The second-order valence-corrected chi connectivity index (χ2v) is 5.51. The van der Waals surface area contributed by atoms with Gasteiger partial charge in [0.1, 0.15) is 0 Å².